The highest BCUT2D eigenvalue weighted by atomic mass is 16.5. The molecule has 0 aromatic heterocycles. The normalized spacial score (nSPS) is 32.1. The highest BCUT2D eigenvalue weighted by molar-refractivity contribution is 5.74. The van der Waals surface area contributed by atoms with Crippen molar-refractivity contribution in [2.75, 3.05) is 19.6 Å². The molecule has 2 unspecified atom stereocenters. The van der Waals surface area contributed by atoms with Crippen molar-refractivity contribution < 1.29 is 14.3 Å². The number of amides is 2. The van der Waals surface area contributed by atoms with Crippen LogP contribution in [0.25, 0.3) is 0 Å². The SMILES string of the molecule is CC1CN(C(=O)NCC2CCC(C)(C)O2)CC(C)(C)O1. The monoisotopic (exact) mass is 284 g/mol. The number of morpholine rings is 1. The Labute approximate surface area is 122 Å². The largest absolute Gasteiger partial charge is 0.371 e. The zero-order valence-electron chi connectivity index (χ0n) is 13.4. The van der Waals surface area contributed by atoms with E-state index < -0.39 is 0 Å². The van der Waals surface area contributed by atoms with E-state index in [-0.39, 0.29) is 29.4 Å². The lowest BCUT2D eigenvalue weighted by atomic mass is 10.1. The van der Waals surface area contributed by atoms with Gasteiger partial charge < -0.3 is 19.7 Å². The number of urea groups is 1. The van der Waals surface area contributed by atoms with Gasteiger partial charge in [0.15, 0.2) is 0 Å². The van der Waals surface area contributed by atoms with E-state index in [1.165, 1.54) is 0 Å². The maximum Gasteiger partial charge on any atom is 0.317 e. The number of carbonyl (C=O) groups is 1. The number of rotatable bonds is 2. The molecule has 20 heavy (non-hydrogen) atoms. The second kappa shape index (κ2) is 5.53. The minimum absolute atomic E-state index is 0.0125. The van der Waals surface area contributed by atoms with Crippen LogP contribution in [-0.4, -0.2) is 54.0 Å². The van der Waals surface area contributed by atoms with Crippen molar-refractivity contribution >= 4 is 6.03 Å². The predicted octanol–water partition coefficient (Wildman–Crippen LogP) is 2.15. The van der Waals surface area contributed by atoms with Crippen LogP contribution >= 0.6 is 0 Å². The molecule has 2 amide bonds. The molecule has 2 aliphatic heterocycles. The standard InChI is InChI=1S/C15H28N2O3/c1-11-9-17(10-15(4,5)19-11)13(18)16-8-12-6-7-14(2,3)20-12/h11-12H,6-10H2,1-5H3,(H,16,18). The zero-order valence-corrected chi connectivity index (χ0v) is 13.4. The summed E-state index contributed by atoms with van der Waals surface area (Å²) in [7, 11) is 0. The summed E-state index contributed by atoms with van der Waals surface area (Å²) >= 11 is 0. The minimum Gasteiger partial charge on any atom is -0.371 e. The molecule has 1 N–H and O–H groups in total. The van der Waals surface area contributed by atoms with Gasteiger partial charge in [-0.1, -0.05) is 0 Å². The van der Waals surface area contributed by atoms with E-state index in [0.29, 0.717) is 19.6 Å². The Hall–Kier alpha value is -0.810. The number of nitrogens with zero attached hydrogens (tertiary/aromatic N) is 1. The summed E-state index contributed by atoms with van der Waals surface area (Å²) < 4.78 is 11.7. The lowest BCUT2D eigenvalue weighted by Gasteiger charge is -2.41. The van der Waals surface area contributed by atoms with Crippen molar-refractivity contribution in [2.45, 2.75) is 70.9 Å². The van der Waals surface area contributed by atoms with E-state index >= 15 is 0 Å². The number of nitrogens with one attached hydrogen (secondary N) is 1. The van der Waals surface area contributed by atoms with Crippen molar-refractivity contribution in [1.29, 1.82) is 0 Å². The van der Waals surface area contributed by atoms with Crippen LogP contribution in [0, 0.1) is 0 Å². The van der Waals surface area contributed by atoms with E-state index in [1.54, 1.807) is 0 Å². The molecule has 5 nitrogen and oxygen atoms in total. The summed E-state index contributed by atoms with van der Waals surface area (Å²) in [5.41, 5.74) is -0.328. The molecule has 2 rings (SSSR count). The van der Waals surface area contributed by atoms with Crippen molar-refractivity contribution in [3.05, 3.63) is 0 Å². The molecular formula is C15H28N2O3. The van der Waals surface area contributed by atoms with Gasteiger partial charge in [0.1, 0.15) is 0 Å². The molecule has 5 heteroatoms. The molecule has 2 atom stereocenters. The lowest BCUT2D eigenvalue weighted by molar-refractivity contribution is -0.117. The van der Waals surface area contributed by atoms with Crippen LogP contribution in [0.1, 0.15) is 47.5 Å². The summed E-state index contributed by atoms with van der Waals surface area (Å²) in [6.45, 7) is 12.1. The van der Waals surface area contributed by atoms with E-state index in [1.807, 2.05) is 25.7 Å². The molecule has 0 saturated carbocycles. The summed E-state index contributed by atoms with van der Waals surface area (Å²) in [4.78, 5) is 14.1. The van der Waals surface area contributed by atoms with Gasteiger partial charge in [0.2, 0.25) is 0 Å². The quantitative estimate of drug-likeness (QED) is 0.845. The van der Waals surface area contributed by atoms with Crippen molar-refractivity contribution in [3.63, 3.8) is 0 Å². The van der Waals surface area contributed by atoms with Gasteiger partial charge in [-0.3, -0.25) is 0 Å². The molecule has 0 aromatic carbocycles. The molecule has 0 radical (unpaired) electrons. The van der Waals surface area contributed by atoms with Crippen LogP contribution in [-0.2, 0) is 9.47 Å². The number of ether oxygens (including phenoxy) is 2. The molecule has 116 valence electrons. The molecule has 2 saturated heterocycles. The first-order valence-corrected chi connectivity index (χ1v) is 7.55. The number of carbonyl (C=O) groups excluding carboxylic acids is 1. The van der Waals surface area contributed by atoms with Crippen LogP contribution in [0.15, 0.2) is 0 Å². The molecule has 2 fully saturated rings. The first-order valence-electron chi connectivity index (χ1n) is 7.55. The third-order valence-electron chi connectivity index (χ3n) is 3.89. The van der Waals surface area contributed by atoms with Crippen LogP contribution in [0.4, 0.5) is 4.79 Å². The maximum absolute atomic E-state index is 12.3. The van der Waals surface area contributed by atoms with Crippen LogP contribution in [0.5, 0.6) is 0 Å². The molecule has 0 spiro atoms. The van der Waals surface area contributed by atoms with Gasteiger partial charge in [-0.15, -0.1) is 0 Å². The molecule has 0 aromatic rings. The third-order valence-corrected chi connectivity index (χ3v) is 3.89. The van der Waals surface area contributed by atoms with Gasteiger partial charge >= 0.3 is 6.03 Å². The second-order valence-corrected chi connectivity index (χ2v) is 7.29. The fraction of sp³-hybridized carbons (Fsp3) is 0.933. The lowest BCUT2D eigenvalue weighted by Crippen LogP contribution is -2.56. The van der Waals surface area contributed by atoms with Crippen LogP contribution in [0.2, 0.25) is 0 Å². The van der Waals surface area contributed by atoms with E-state index in [0.717, 1.165) is 12.8 Å². The Balaban J connectivity index is 1.80. The van der Waals surface area contributed by atoms with Crippen molar-refractivity contribution in [2.24, 2.45) is 0 Å². The third kappa shape index (κ3) is 4.09. The fourth-order valence-corrected chi connectivity index (χ4v) is 3.14. The van der Waals surface area contributed by atoms with Gasteiger partial charge in [0, 0.05) is 13.1 Å². The van der Waals surface area contributed by atoms with Gasteiger partial charge in [0.25, 0.3) is 0 Å². The molecule has 0 bridgehead atoms. The van der Waals surface area contributed by atoms with Crippen LogP contribution < -0.4 is 5.32 Å². The van der Waals surface area contributed by atoms with E-state index in [2.05, 4.69) is 19.2 Å². The Bertz CT molecular complexity index is 368. The molecule has 2 heterocycles. The number of hydrogen-bond acceptors (Lipinski definition) is 3. The molecular weight excluding hydrogens is 256 g/mol. The summed E-state index contributed by atoms with van der Waals surface area (Å²) in [5, 5.41) is 3.00. The van der Waals surface area contributed by atoms with Crippen molar-refractivity contribution in [1.82, 2.24) is 10.2 Å². The summed E-state index contributed by atoms with van der Waals surface area (Å²) in [5.74, 6) is 0. The number of hydrogen-bond donors (Lipinski definition) is 1. The maximum atomic E-state index is 12.3. The first-order chi connectivity index (χ1) is 9.17. The van der Waals surface area contributed by atoms with Gasteiger partial charge in [-0.05, 0) is 47.5 Å². The van der Waals surface area contributed by atoms with Crippen molar-refractivity contribution in [3.8, 4) is 0 Å². The summed E-state index contributed by atoms with van der Waals surface area (Å²) in [6, 6.07) is -0.0125. The Kier molecular flexibility index (Phi) is 4.30. The summed E-state index contributed by atoms with van der Waals surface area (Å²) in [6.07, 6.45) is 2.28. The zero-order chi connectivity index (χ0) is 15.0. The highest BCUT2D eigenvalue weighted by Crippen LogP contribution is 2.29. The topological polar surface area (TPSA) is 50.8 Å². The van der Waals surface area contributed by atoms with E-state index in [9.17, 15) is 4.79 Å². The van der Waals surface area contributed by atoms with E-state index in [4.69, 9.17) is 9.47 Å². The van der Waals surface area contributed by atoms with Gasteiger partial charge in [0.05, 0.1) is 30.0 Å². The Morgan fingerprint density at radius 3 is 2.50 bits per heavy atom. The average Bonchev–Trinajstić information content (AvgIpc) is 2.63. The Morgan fingerprint density at radius 2 is 1.95 bits per heavy atom. The van der Waals surface area contributed by atoms with Crippen LogP contribution in [0.3, 0.4) is 0 Å². The predicted molar refractivity (Wildman–Crippen MR) is 77.8 cm³/mol. The molecule has 2 aliphatic rings. The van der Waals surface area contributed by atoms with Gasteiger partial charge in [-0.25, -0.2) is 4.79 Å². The Morgan fingerprint density at radius 1 is 1.25 bits per heavy atom. The highest BCUT2D eigenvalue weighted by Gasteiger charge is 2.35. The second-order valence-electron chi connectivity index (χ2n) is 7.29. The smallest absolute Gasteiger partial charge is 0.317 e. The van der Waals surface area contributed by atoms with Gasteiger partial charge in [-0.2, -0.15) is 0 Å². The minimum atomic E-state index is -0.277. The molecule has 0 aliphatic carbocycles. The first kappa shape index (κ1) is 15.6. The fourth-order valence-electron chi connectivity index (χ4n) is 3.14. The average molecular weight is 284 g/mol.